The molecule has 0 aliphatic carbocycles. The van der Waals surface area contributed by atoms with Gasteiger partial charge in [0.1, 0.15) is 0 Å². The number of amides is 1. The topological polar surface area (TPSA) is 32.3 Å². The normalized spacial score (nSPS) is 30.6. The van der Waals surface area contributed by atoms with Crippen LogP contribution in [0.15, 0.2) is 0 Å². The molecule has 1 amide bonds. The Hall–Kier alpha value is -0.570. The second-order valence-corrected chi connectivity index (χ2v) is 3.70. The number of hydrogen-bond acceptors (Lipinski definition) is 2. The molecule has 0 aromatic rings. The van der Waals surface area contributed by atoms with Crippen molar-refractivity contribution in [3.8, 4) is 0 Å². The summed E-state index contributed by atoms with van der Waals surface area (Å²) in [6, 6.07) is 0.373. The fourth-order valence-electron chi connectivity index (χ4n) is 1.93. The van der Waals surface area contributed by atoms with Gasteiger partial charge in [-0.2, -0.15) is 0 Å². The van der Waals surface area contributed by atoms with Gasteiger partial charge in [-0.3, -0.25) is 4.79 Å². The molecular weight excluding hydrogens is 152 g/mol. The molecule has 2 unspecified atom stereocenters. The van der Waals surface area contributed by atoms with Gasteiger partial charge in [0.05, 0.1) is 0 Å². The molecule has 0 saturated carbocycles. The van der Waals surface area contributed by atoms with Gasteiger partial charge in [-0.15, -0.1) is 0 Å². The first-order chi connectivity index (χ1) is 5.63. The molecule has 1 heterocycles. The van der Waals surface area contributed by atoms with E-state index in [4.69, 9.17) is 0 Å². The molecule has 1 rings (SSSR count). The lowest BCUT2D eigenvalue weighted by atomic mass is 10.0. The highest BCUT2D eigenvalue weighted by Crippen LogP contribution is 2.18. The van der Waals surface area contributed by atoms with Crippen molar-refractivity contribution >= 4 is 5.91 Å². The van der Waals surface area contributed by atoms with E-state index in [-0.39, 0.29) is 5.91 Å². The van der Waals surface area contributed by atoms with Crippen LogP contribution in [0.1, 0.15) is 20.3 Å². The van der Waals surface area contributed by atoms with Crippen LogP contribution in [0.5, 0.6) is 0 Å². The van der Waals surface area contributed by atoms with Crippen LogP contribution in [0.25, 0.3) is 0 Å². The molecule has 0 aromatic carbocycles. The predicted octanol–water partition coefficient (Wildman–Crippen LogP) is 0.463. The average Bonchev–Trinajstić information content (AvgIpc) is 2.29. The van der Waals surface area contributed by atoms with E-state index >= 15 is 0 Å². The maximum absolute atomic E-state index is 10.8. The molecule has 0 bridgehead atoms. The minimum absolute atomic E-state index is 0.0914. The van der Waals surface area contributed by atoms with E-state index in [2.05, 4.69) is 24.2 Å². The van der Waals surface area contributed by atoms with Gasteiger partial charge in [0.2, 0.25) is 5.91 Å². The molecule has 1 fully saturated rings. The first kappa shape index (κ1) is 9.52. The number of nitrogens with zero attached hydrogens (tertiary/aromatic N) is 1. The Balaban J connectivity index is 2.46. The summed E-state index contributed by atoms with van der Waals surface area (Å²) < 4.78 is 0. The summed E-state index contributed by atoms with van der Waals surface area (Å²) in [5.74, 6) is 0.729. The largest absolute Gasteiger partial charge is 0.352 e. The van der Waals surface area contributed by atoms with Gasteiger partial charge in [0.15, 0.2) is 0 Å². The molecule has 1 aliphatic heterocycles. The summed E-state index contributed by atoms with van der Waals surface area (Å²) in [7, 11) is 2.10. The van der Waals surface area contributed by atoms with E-state index in [1.54, 1.807) is 6.92 Å². The molecule has 1 N–H and O–H groups in total. The highest BCUT2D eigenvalue weighted by molar-refractivity contribution is 5.73. The van der Waals surface area contributed by atoms with E-state index < -0.39 is 0 Å². The maximum atomic E-state index is 10.8. The van der Waals surface area contributed by atoms with E-state index in [9.17, 15) is 4.79 Å². The minimum atomic E-state index is 0.0914. The summed E-state index contributed by atoms with van der Waals surface area (Å²) in [4.78, 5) is 13.1. The molecule has 0 radical (unpaired) electrons. The van der Waals surface area contributed by atoms with Crippen LogP contribution in [0.2, 0.25) is 0 Å². The molecule has 1 aliphatic rings. The van der Waals surface area contributed by atoms with E-state index in [1.807, 2.05) is 0 Å². The molecule has 1 saturated heterocycles. The summed E-state index contributed by atoms with van der Waals surface area (Å²) in [6.07, 6.45) is 1.15. The zero-order chi connectivity index (χ0) is 9.14. The molecule has 3 nitrogen and oxygen atoms in total. The highest BCUT2D eigenvalue weighted by atomic mass is 16.1. The lowest BCUT2D eigenvalue weighted by Gasteiger charge is -2.16. The van der Waals surface area contributed by atoms with Crippen molar-refractivity contribution in [2.45, 2.75) is 26.3 Å². The van der Waals surface area contributed by atoms with E-state index in [1.165, 1.54) is 0 Å². The Kier molecular flexibility index (Phi) is 3.09. The molecule has 0 spiro atoms. The van der Waals surface area contributed by atoms with E-state index in [0.29, 0.717) is 12.0 Å². The van der Waals surface area contributed by atoms with Crippen molar-refractivity contribution in [2.24, 2.45) is 5.92 Å². The van der Waals surface area contributed by atoms with Crippen molar-refractivity contribution in [3.63, 3.8) is 0 Å². The van der Waals surface area contributed by atoms with Crippen LogP contribution in [0.3, 0.4) is 0 Å². The van der Waals surface area contributed by atoms with Crippen molar-refractivity contribution in [2.75, 3.05) is 20.1 Å². The lowest BCUT2D eigenvalue weighted by molar-refractivity contribution is -0.119. The van der Waals surface area contributed by atoms with Crippen LogP contribution in [-0.4, -0.2) is 37.0 Å². The summed E-state index contributed by atoms with van der Waals surface area (Å²) in [5, 5.41) is 2.99. The SMILES string of the molecule is CCC1CN(C)CC1NC(C)=O. The third-order valence-electron chi connectivity index (χ3n) is 2.54. The number of carbonyl (C=O) groups excluding carboxylic acids is 1. The molecule has 70 valence electrons. The van der Waals surface area contributed by atoms with Crippen molar-refractivity contribution < 1.29 is 4.79 Å². The first-order valence-corrected chi connectivity index (χ1v) is 4.59. The first-order valence-electron chi connectivity index (χ1n) is 4.59. The highest BCUT2D eigenvalue weighted by Gasteiger charge is 2.29. The van der Waals surface area contributed by atoms with Gasteiger partial charge < -0.3 is 10.2 Å². The predicted molar refractivity (Wildman–Crippen MR) is 48.9 cm³/mol. The third-order valence-corrected chi connectivity index (χ3v) is 2.54. The van der Waals surface area contributed by atoms with Gasteiger partial charge in [0, 0.05) is 26.1 Å². The zero-order valence-corrected chi connectivity index (χ0v) is 8.13. The smallest absolute Gasteiger partial charge is 0.217 e. The Labute approximate surface area is 74.1 Å². The monoisotopic (exact) mass is 170 g/mol. The van der Waals surface area contributed by atoms with Gasteiger partial charge in [-0.05, 0) is 13.0 Å². The number of likely N-dealkylation sites (N-methyl/N-ethyl adjacent to an activating group) is 1. The van der Waals surface area contributed by atoms with Crippen LogP contribution >= 0.6 is 0 Å². The van der Waals surface area contributed by atoms with Crippen LogP contribution in [0.4, 0.5) is 0 Å². The number of carbonyl (C=O) groups is 1. The number of nitrogens with one attached hydrogen (secondary N) is 1. The lowest BCUT2D eigenvalue weighted by Crippen LogP contribution is -2.38. The summed E-state index contributed by atoms with van der Waals surface area (Å²) in [6.45, 7) is 5.88. The second kappa shape index (κ2) is 3.90. The Morgan fingerprint density at radius 1 is 1.58 bits per heavy atom. The van der Waals surface area contributed by atoms with Crippen molar-refractivity contribution in [1.29, 1.82) is 0 Å². The van der Waals surface area contributed by atoms with Crippen LogP contribution < -0.4 is 5.32 Å². The molecule has 12 heavy (non-hydrogen) atoms. The second-order valence-electron chi connectivity index (χ2n) is 3.70. The average molecular weight is 170 g/mol. The molecular formula is C9H18N2O. The fourth-order valence-corrected chi connectivity index (χ4v) is 1.93. The number of likely N-dealkylation sites (tertiary alicyclic amines) is 1. The summed E-state index contributed by atoms with van der Waals surface area (Å²) in [5.41, 5.74) is 0. The zero-order valence-electron chi connectivity index (χ0n) is 8.13. The Bertz CT molecular complexity index is 170. The number of rotatable bonds is 2. The van der Waals surface area contributed by atoms with Crippen LogP contribution in [-0.2, 0) is 4.79 Å². The number of hydrogen-bond donors (Lipinski definition) is 1. The van der Waals surface area contributed by atoms with Crippen LogP contribution in [0, 0.1) is 5.92 Å². The van der Waals surface area contributed by atoms with E-state index in [0.717, 1.165) is 19.5 Å². The molecule has 3 heteroatoms. The Morgan fingerprint density at radius 2 is 2.25 bits per heavy atom. The molecule has 2 atom stereocenters. The maximum Gasteiger partial charge on any atom is 0.217 e. The fraction of sp³-hybridized carbons (Fsp3) is 0.889. The quantitative estimate of drug-likeness (QED) is 0.653. The van der Waals surface area contributed by atoms with Gasteiger partial charge >= 0.3 is 0 Å². The summed E-state index contributed by atoms with van der Waals surface area (Å²) >= 11 is 0. The Morgan fingerprint density at radius 3 is 2.75 bits per heavy atom. The van der Waals surface area contributed by atoms with Gasteiger partial charge in [0.25, 0.3) is 0 Å². The minimum Gasteiger partial charge on any atom is -0.352 e. The van der Waals surface area contributed by atoms with Crippen molar-refractivity contribution in [3.05, 3.63) is 0 Å². The van der Waals surface area contributed by atoms with Gasteiger partial charge in [-0.1, -0.05) is 13.3 Å². The van der Waals surface area contributed by atoms with Crippen molar-refractivity contribution in [1.82, 2.24) is 10.2 Å². The third kappa shape index (κ3) is 2.21. The standard InChI is InChI=1S/C9H18N2O/c1-4-8-5-11(3)6-9(8)10-7(2)12/h8-9H,4-6H2,1-3H3,(H,10,12). The van der Waals surface area contributed by atoms with Gasteiger partial charge in [-0.25, -0.2) is 0 Å². The molecule has 0 aromatic heterocycles.